The second-order valence-corrected chi connectivity index (χ2v) is 7.70. The third kappa shape index (κ3) is 3.80. The Labute approximate surface area is 181 Å². The highest BCUT2D eigenvalue weighted by atomic mass is 79.9. The Bertz CT molecular complexity index is 1300. The standard InChI is InChI=1S/C21H10BrClF3NO3/c22-11-2-4-16-12(8-11)13(20(28)29)9-17(27-16)19-6-5-18(30-19)14-7-10(21(24,25)26)1-3-15(14)23/h1-9H,(H,28,29). The first kappa shape index (κ1) is 20.4. The summed E-state index contributed by atoms with van der Waals surface area (Å²) in [5, 5.41) is 10.1. The number of hydrogen-bond acceptors (Lipinski definition) is 3. The van der Waals surface area contributed by atoms with Crippen LogP contribution < -0.4 is 0 Å². The molecule has 4 rings (SSSR count). The molecule has 0 fully saturated rings. The molecule has 2 heterocycles. The monoisotopic (exact) mass is 495 g/mol. The number of nitrogens with zero attached hydrogens (tertiary/aromatic N) is 1. The minimum atomic E-state index is -4.53. The molecule has 9 heteroatoms. The van der Waals surface area contributed by atoms with E-state index in [0.29, 0.717) is 15.4 Å². The van der Waals surface area contributed by atoms with Gasteiger partial charge in [-0.2, -0.15) is 13.2 Å². The molecule has 152 valence electrons. The van der Waals surface area contributed by atoms with Crippen LogP contribution in [0.3, 0.4) is 0 Å². The number of hydrogen-bond donors (Lipinski definition) is 1. The molecule has 0 bridgehead atoms. The summed E-state index contributed by atoms with van der Waals surface area (Å²) in [4.78, 5) is 16.1. The van der Waals surface area contributed by atoms with E-state index in [1.165, 1.54) is 18.2 Å². The van der Waals surface area contributed by atoms with Crippen molar-refractivity contribution in [3.8, 4) is 22.8 Å². The highest BCUT2D eigenvalue weighted by Gasteiger charge is 2.31. The van der Waals surface area contributed by atoms with Gasteiger partial charge in [0.2, 0.25) is 0 Å². The lowest BCUT2D eigenvalue weighted by molar-refractivity contribution is -0.137. The van der Waals surface area contributed by atoms with Crippen LogP contribution in [0.5, 0.6) is 0 Å². The number of furan rings is 1. The number of fused-ring (bicyclic) bond motifs is 1. The fraction of sp³-hybridized carbons (Fsp3) is 0.0476. The number of aromatic nitrogens is 1. The molecule has 0 saturated heterocycles. The number of carbonyl (C=O) groups is 1. The smallest absolute Gasteiger partial charge is 0.416 e. The van der Waals surface area contributed by atoms with Gasteiger partial charge in [0.1, 0.15) is 11.5 Å². The van der Waals surface area contributed by atoms with E-state index >= 15 is 0 Å². The van der Waals surface area contributed by atoms with Gasteiger partial charge in [-0.05, 0) is 54.6 Å². The maximum Gasteiger partial charge on any atom is 0.416 e. The normalized spacial score (nSPS) is 11.8. The molecule has 0 aliphatic heterocycles. The number of pyridine rings is 1. The maximum absolute atomic E-state index is 13.0. The predicted molar refractivity (Wildman–Crippen MR) is 110 cm³/mol. The highest BCUT2D eigenvalue weighted by molar-refractivity contribution is 9.10. The zero-order valence-corrected chi connectivity index (χ0v) is 17.1. The Hall–Kier alpha value is -2.84. The SMILES string of the molecule is O=C(O)c1cc(-c2ccc(-c3cc(C(F)(F)F)ccc3Cl)o2)nc2ccc(Br)cc12. The molecule has 30 heavy (non-hydrogen) atoms. The molecule has 1 N–H and O–H groups in total. The van der Waals surface area contributed by atoms with Gasteiger partial charge in [0, 0.05) is 15.4 Å². The van der Waals surface area contributed by atoms with Crippen LogP contribution in [0.2, 0.25) is 5.02 Å². The Morgan fingerprint density at radius 3 is 2.47 bits per heavy atom. The molecule has 0 atom stereocenters. The summed E-state index contributed by atoms with van der Waals surface area (Å²) < 4.78 is 45.5. The summed E-state index contributed by atoms with van der Waals surface area (Å²) in [6, 6.07) is 12.3. The first-order valence-corrected chi connectivity index (χ1v) is 9.61. The largest absolute Gasteiger partial charge is 0.478 e. The average molecular weight is 497 g/mol. The van der Waals surface area contributed by atoms with Crippen LogP contribution in [-0.2, 0) is 6.18 Å². The van der Waals surface area contributed by atoms with Crippen molar-refractivity contribution in [3.63, 3.8) is 0 Å². The number of aromatic carboxylic acids is 1. The lowest BCUT2D eigenvalue weighted by atomic mass is 10.1. The molecule has 2 aromatic heterocycles. The number of halogens is 5. The van der Waals surface area contributed by atoms with Gasteiger partial charge < -0.3 is 9.52 Å². The van der Waals surface area contributed by atoms with E-state index in [1.807, 2.05) is 0 Å². The van der Waals surface area contributed by atoms with Crippen LogP contribution >= 0.6 is 27.5 Å². The molecule has 4 aromatic rings. The van der Waals surface area contributed by atoms with Gasteiger partial charge in [-0.3, -0.25) is 0 Å². The molecule has 0 aliphatic carbocycles. The van der Waals surface area contributed by atoms with E-state index in [2.05, 4.69) is 20.9 Å². The number of carboxylic acid groups (broad SMARTS) is 1. The van der Waals surface area contributed by atoms with E-state index in [9.17, 15) is 23.1 Å². The minimum Gasteiger partial charge on any atom is -0.478 e. The van der Waals surface area contributed by atoms with Crippen LogP contribution in [0.4, 0.5) is 13.2 Å². The Morgan fingerprint density at radius 1 is 1.03 bits per heavy atom. The molecule has 0 aliphatic rings. The van der Waals surface area contributed by atoms with Crippen molar-refractivity contribution in [2.45, 2.75) is 6.18 Å². The van der Waals surface area contributed by atoms with Crippen LogP contribution in [-0.4, -0.2) is 16.1 Å². The van der Waals surface area contributed by atoms with Gasteiger partial charge >= 0.3 is 12.1 Å². The third-order valence-electron chi connectivity index (χ3n) is 4.42. The maximum atomic E-state index is 13.0. The van der Waals surface area contributed by atoms with Crippen molar-refractivity contribution >= 4 is 44.4 Å². The summed E-state index contributed by atoms with van der Waals surface area (Å²) >= 11 is 9.37. The van der Waals surface area contributed by atoms with Crippen LogP contribution in [0, 0.1) is 0 Å². The molecular weight excluding hydrogens is 487 g/mol. The van der Waals surface area contributed by atoms with E-state index in [0.717, 1.165) is 18.2 Å². The summed E-state index contributed by atoms with van der Waals surface area (Å²) in [5.74, 6) is -0.837. The lowest BCUT2D eigenvalue weighted by Gasteiger charge is -2.09. The van der Waals surface area contributed by atoms with Crippen molar-refractivity contribution < 1.29 is 27.5 Å². The van der Waals surface area contributed by atoms with E-state index in [4.69, 9.17) is 16.0 Å². The van der Waals surface area contributed by atoms with Crippen LogP contribution in [0.1, 0.15) is 15.9 Å². The molecular formula is C21H10BrClF3NO3. The van der Waals surface area contributed by atoms with Crippen molar-refractivity contribution in [1.82, 2.24) is 4.98 Å². The van der Waals surface area contributed by atoms with Crippen molar-refractivity contribution in [3.05, 3.63) is 75.2 Å². The van der Waals surface area contributed by atoms with Gasteiger partial charge in [-0.1, -0.05) is 27.5 Å². The summed E-state index contributed by atoms with van der Waals surface area (Å²) in [5.41, 5.74) is -0.102. The van der Waals surface area contributed by atoms with Crippen LogP contribution in [0.25, 0.3) is 33.7 Å². The van der Waals surface area contributed by atoms with Gasteiger partial charge in [-0.15, -0.1) is 0 Å². The third-order valence-corrected chi connectivity index (χ3v) is 5.24. The Kier molecular flexibility index (Phi) is 5.07. The minimum absolute atomic E-state index is 0.0198. The molecule has 0 radical (unpaired) electrons. The Balaban J connectivity index is 1.83. The fourth-order valence-corrected chi connectivity index (χ4v) is 3.58. The zero-order valence-electron chi connectivity index (χ0n) is 14.8. The zero-order chi connectivity index (χ0) is 21.6. The fourth-order valence-electron chi connectivity index (χ4n) is 3.01. The van der Waals surface area contributed by atoms with E-state index in [-0.39, 0.29) is 33.4 Å². The highest BCUT2D eigenvalue weighted by Crippen LogP contribution is 2.38. The second kappa shape index (κ2) is 7.45. The molecule has 0 spiro atoms. The van der Waals surface area contributed by atoms with Gasteiger partial charge in [0.15, 0.2) is 5.76 Å². The van der Waals surface area contributed by atoms with Gasteiger partial charge in [0.05, 0.1) is 21.7 Å². The molecule has 0 amide bonds. The topological polar surface area (TPSA) is 63.3 Å². The molecule has 4 nitrogen and oxygen atoms in total. The van der Waals surface area contributed by atoms with E-state index < -0.39 is 17.7 Å². The lowest BCUT2D eigenvalue weighted by Crippen LogP contribution is -2.04. The van der Waals surface area contributed by atoms with E-state index in [1.54, 1.807) is 18.2 Å². The average Bonchev–Trinajstić information content (AvgIpc) is 3.16. The van der Waals surface area contributed by atoms with Gasteiger partial charge in [-0.25, -0.2) is 9.78 Å². The number of rotatable bonds is 3. The summed E-state index contributed by atoms with van der Waals surface area (Å²) in [7, 11) is 0. The molecule has 0 saturated carbocycles. The van der Waals surface area contributed by atoms with Crippen molar-refractivity contribution in [2.75, 3.05) is 0 Å². The Morgan fingerprint density at radius 2 is 1.77 bits per heavy atom. The number of alkyl halides is 3. The van der Waals surface area contributed by atoms with Crippen molar-refractivity contribution in [2.24, 2.45) is 0 Å². The number of carboxylic acids is 1. The first-order valence-electron chi connectivity index (χ1n) is 8.44. The predicted octanol–water partition coefficient (Wildman–Crippen LogP) is 7.29. The quantitative estimate of drug-likeness (QED) is 0.323. The van der Waals surface area contributed by atoms with Gasteiger partial charge in [0.25, 0.3) is 0 Å². The molecule has 0 unspecified atom stereocenters. The second-order valence-electron chi connectivity index (χ2n) is 6.38. The number of benzene rings is 2. The molecule has 2 aromatic carbocycles. The first-order chi connectivity index (χ1) is 14.1. The van der Waals surface area contributed by atoms with Crippen molar-refractivity contribution in [1.29, 1.82) is 0 Å². The van der Waals surface area contributed by atoms with Crippen LogP contribution in [0.15, 0.2) is 63.5 Å². The summed E-state index contributed by atoms with van der Waals surface area (Å²) in [6.07, 6.45) is -4.53. The summed E-state index contributed by atoms with van der Waals surface area (Å²) in [6.45, 7) is 0.